The van der Waals surface area contributed by atoms with Crippen LogP contribution in [0.1, 0.15) is 0 Å². The molecule has 2 aromatic carbocycles. The minimum atomic E-state index is -10.7. The predicted molar refractivity (Wildman–Crippen MR) is 111 cm³/mol. The summed E-state index contributed by atoms with van der Waals surface area (Å²) in [6, 6.07) is 33.6. The molecule has 0 aliphatic heterocycles. The van der Waals surface area contributed by atoms with Crippen molar-refractivity contribution in [2.45, 2.75) is 0 Å². The van der Waals surface area contributed by atoms with Crippen molar-refractivity contribution in [3.8, 4) is 22.5 Å². The third-order valence-electron chi connectivity index (χ3n) is 3.30. The van der Waals surface area contributed by atoms with E-state index in [1.54, 1.807) is 12.4 Å². The SMILES string of the molecule is F[P-](F)(F)(F)(F)F.[Ir+3].[c-]1ccccc1-c1ccccn1.[c-]1ccccc1-c1ccccn1. The van der Waals surface area contributed by atoms with Gasteiger partial charge in [-0.05, 0) is 23.5 Å². The standard InChI is InChI=1S/2C11H8N.F6P.Ir/c2*1-2-6-10(7-3-1)11-8-4-5-9-12-11;1-7(2,3,4,5)6;/h2*1-6,8-9H;;/q3*-1;+3. The molecule has 0 radical (unpaired) electrons. The van der Waals surface area contributed by atoms with Gasteiger partial charge in [0.1, 0.15) is 0 Å². The van der Waals surface area contributed by atoms with Crippen LogP contribution in [-0.2, 0) is 20.1 Å². The van der Waals surface area contributed by atoms with Crippen LogP contribution in [0.15, 0.2) is 97.3 Å². The first-order valence-electron chi connectivity index (χ1n) is 8.71. The molecule has 2 aromatic heterocycles. The molecule has 0 aliphatic carbocycles. The Morgan fingerprint density at radius 2 is 0.875 bits per heavy atom. The van der Waals surface area contributed by atoms with Crippen LogP contribution in [-0.4, -0.2) is 9.97 Å². The van der Waals surface area contributed by atoms with Crippen LogP contribution < -0.4 is 0 Å². The largest absolute Gasteiger partial charge is 3.00 e. The van der Waals surface area contributed by atoms with Gasteiger partial charge in [-0.3, -0.25) is 0 Å². The van der Waals surface area contributed by atoms with Crippen molar-refractivity contribution in [2.75, 3.05) is 0 Å². The zero-order valence-electron chi connectivity index (χ0n) is 16.2. The molecule has 4 aromatic rings. The number of benzene rings is 2. The van der Waals surface area contributed by atoms with Crippen LogP contribution in [0.2, 0.25) is 0 Å². The molecular weight excluding hydrogens is 629 g/mol. The predicted octanol–water partition coefficient (Wildman–Crippen LogP) is 8.48. The first kappa shape index (κ1) is 27.4. The number of pyridine rings is 2. The molecule has 0 spiro atoms. The van der Waals surface area contributed by atoms with Crippen LogP contribution >= 0.6 is 7.81 Å². The molecule has 10 heteroatoms. The Bertz CT molecular complexity index is 890. The normalized spacial score (nSPS) is 12.3. The van der Waals surface area contributed by atoms with Gasteiger partial charge < -0.3 is 9.97 Å². The maximum absolute atomic E-state index is 10.7. The van der Waals surface area contributed by atoms with Gasteiger partial charge in [-0.25, -0.2) is 0 Å². The fourth-order valence-corrected chi connectivity index (χ4v) is 2.15. The summed E-state index contributed by atoms with van der Waals surface area (Å²) in [6.45, 7) is 0. The Hall–Kier alpha value is -2.60. The molecule has 0 saturated heterocycles. The van der Waals surface area contributed by atoms with Gasteiger partial charge in [0.2, 0.25) is 0 Å². The van der Waals surface area contributed by atoms with Crippen molar-refractivity contribution >= 4 is 7.81 Å². The van der Waals surface area contributed by atoms with Gasteiger partial charge in [0.05, 0.1) is 0 Å². The second-order valence-corrected chi connectivity index (χ2v) is 7.86. The molecule has 2 nitrogen and oxygen atoms in total. The third kappa shape index (κ3) is 13.7. The number of halogens is 6. The molecule has 2 heterocycles. The van der Waals surface area contributed by atoms with Gasteiger partial charge in [0.25, 0.3) is 0 Å². The molecule has 0 N–H and O–H groups in total. The van der Waals surface area contributed by atoms with Crippen molar-refractivity contribution < 1.29 is 45.3 Å². The van der Waals surface area contributed by atoms with Crippen LogP contribution in [0.25, 0.3) is 22.5 Å². The molecule has 170 valence electrons. The van der Waals surface area contributed by atoms with Gasteiger partial charge in [0.15, 0.2) is 0 Å². The first-order chi connectivity index (χ1) is 14.4. The van der Waals surface area contributed by atoms with E-state index in [1.165, 1.54) is 0 Å². The van der Waals surface area contributed by atoms with Gasteiger partial charge in [-0.1, -0.05) is 24.3 Å². The van der Waals surface area contributed by atoms with E-state index in [9.17, 15) is 25.2 Å². The van der Waals surface area contributed by atoms with Crippen molar-refractivity contribution in [1.29, 1.82) is 0 Å². The Morgan fingerprint density at radius 3 is 1.12 bits per heavy atom. The Kier molecular flexibility index (Phi) is 9.27. The molecule has 0 saturated carbocycles. The van der Waals surface area contributed by atoms with E-state index in [1.807, 2.05) is 84.9 Å². The summed E-state index contributed by atoms with van der Waals surface area (Å²) >= 11 is 0. The fraction of sp³-hybridized carbons (Fsp3) is 0. The molecule has 4 rings (SSSR count). The summed E-state index contributed by atoms with van der Waals surface area (Å²) in [6.07, 6.45) is 3.58. The van der Waals surface area contributed by atoms with Crippen molar-refractivity contribution in [3.63, 3.8) is 0 Å². The van der Waals surface area contributed by atoms with Gasteiger partial charge in [-0.2, -0.15) is 0 Å². The number of aromatic nitrogens is 2. The fourth-order valence-electron chi connectivity index (χ4n) is 2.15. The smallest absolute Gasteiger partial charge is 0.305 e. The Labute approximate surface area is 195 Å². The average Bonchev–Trinajstić information content (AvgIpc) is 2.75. The summed E-state index contributed by atoms with van der Waals surface area (Å²) in [5.41, 5.74) is 4.02. The van der Waals surface area contributed by atoms with E-state index >= 15 is 0 Å². The maximum atomic E-state index is 9.87. The molecule has 32 heavy (non-hydrogen) atoms. The number of rotatable bonds is 2. The molecular formula is C22H16F6IrN2P. The molecule has 0 amide bonds. The monoisotopic (exact) mass is 646 g/mol. The molecule has 0 fully saturated rings. The van der Waals surface area contributed by atoms with E-state index in [2.05, 4.69) is 22.1 Å². The second-order valence-electron chi connectivity index (χ2n) is 5.94. The maximum Gasteiger partial charge on any atom is 3.00 e. The summed E-state index contributed by atoms with van der Waals surface area (Å²) < 4.78 is 59.2. The number of hydrogen-bond acceptors (Lipinski definition) is 2. The molecule has 0 aliphatic rings. The van der Waals surface area contributed by atoms with Crippen molar-refractivity contribution in [2.24, 2.45) is 0 Å². The minimum Gasteiger partial charge on any atom is -0.305 e. The van der Waals surface area contributed by atoms with Crippen LogP contribution in [0.4, 0.5) is 25.2 Å². The van der Waals surface area contributed by atoms with E-state index < -0.39 is 7.81 Å². The summed E-state index contributed by atoms with van der Waals surface area (Å²) in [4.78, 5) is 8.44. The van der Waals surface area contributed by atoms with Gasteiger partial charge >= 0.3 is 53.1 Å². The minimum absolute atomic E-state index is 0. The van der Waals surface area contributed by atoms with Crippen molar-refractivity contribution in [3.05, 3.63) is 109 Å². The summed E-state index contributed by atoms with van der Waals surface area (Å²) in [5.74, 6) is 0. The Balaban J connectivity index is 0.000000246. The zero-order chi connectivity index (χ0) is 22.9. The third-order valence-corrected chi connectivity index (χ3v) is 3.30. The van der Waals surface area contributed by atoms with Crippen LogP contribution in [0, 0.1) is 12.1 Å². The van der Waals surface area contributed by atoms with Crippen LogP contribution in [0.5, 0.6) is 0 Å². The van der Waals surface area contributed by atoms with E-state index in [4.69, 9.17) is 0 Å². The topological polar surface area (TPSA) is 25.8 Å². The van der Waals surface area contributed by atoms with E-state index in [0.717, 1.165) is 22.5 Å². The van der Waals surface area contributed by atoms with Gasteiger partial charge in [0, 0.05) is 12.4 Å². The molecule has 0 unspecified atom stereocenters. The quantitative estimate of drug-likeness (QED) is 0.124. The summed E-state index contributed by atoms with van der Waals surface area (Å²) in [7, 11) is -10.7. The van der Waals surface area contributed by atoms with Gasteiger partial charge in [-0.15, -0.1) is 71.8 Å². The molecule has 0 atom stereocenters. The van der Waals surface area contributed by atoms with Crippen molar-refractivity contribution in [1.82, 2.24) is 9.97 Å². The second kappa shape index (κ2) is 10.8. The Morgan fingerprint density at radius 1 is 0.531 bits per heavy atom. The van der Waals surface area contributed by atoms with Crippen LogP contribution in [0.3, 0.4) is 0 Å². The average molecular weight is 646 g/mol. The zero-order valence-corrected chi connectivity index (χ0v) is 19.5. The first-order valence-corrected chi connectivity index (χ1v) is 10.7. The molecule has 0 bridgehead atoms. The summed E-state index contributed by atoms with van der Waals surface area (Å²) in [5, 5.41) is 0. The number of nitrogens with zero attached hydrogens (tertiary/aromatic N) is 2. The van der Waals surface area contributed by atoms with E-state index in [0.29, 0.717) is 0 Å². The number of hydrogen-bond donors (Lipinski definition) is 0. The van der Waals surface area contributed by atoms with E-state index in [-0.39, 0.29) is 20.1 Å².